The fraction of sp³-hybridized carbons (Fsp3) is 0.882. The summed E-state index contributed by atoms with van der Waals surface area (Å²) in [6, 6.07) is 0. The predicted octanol–water partition coefficient (Wildman–Crippen LogP) is 15.5. The average Bonchev–Trinajstić information content (AvgIpc) is 3.25. The zero-order valence-corrected chi connectivity index (χ0v) is 40.8. The Hall–Kier alpha value is -1.51. The number of carbonyl (C=O) groups is 2. The van der Waals surface area contributed by atoms with E-state index >= 15 is 0 Å². The van der Waals surface area contributed by atoms with Crippen molar-refractivity contribution in [1.82, 2.24) is 0 Å². The van der Waals surface area contributed by atoms with Crippen molar-refractivity contribution in [3.63, 3.8) is 0 Å². The summed E-state index contributed by atoms with van der Waals surface area (Å²) in [5.41, 5.74) is 5.37. The number of hydrogen-bond donors (Lipinski definition) is 2. The molecule has 0 radical (unpaired) electrons. The average molecular weight is 884 g/mol. The van der Waals surface area contributed by atoms with Gasteiger partial charge in [-0.25, -0.2) is 4.57 Å². The maximum atomic E-state index is 12.7. The molecule has 2 unspecified atom stereocenters. The minimum atomic E-state index is -4.38. The van der Waals surface area contributed by atoms with Gasteiger partial charge in [0.2, 0.25) is 0 Å². The van der Waals surface area contributed by atoms with Crippen LogP contribution >= 0.6 is 7.82 Å². The van der Waals surface area contributed by atoms with Gasteiger partial charge in [0, 0.05) is 19.4 Å². The molecule has 360 valence electrons. The number of ether oxygens (including phenoxy) is 2. The number of nitrogens with two attached hydrogens (primary N) is 1. The lowest BCUT2D eigenvalue weighted by Crippen LogP contribution is -2.29. The smallest absolute Gasteiger partial charge is 0.462 e. The van der Waals surface area contributed by atoms with E-state index in [0.29, 0.717) is 6.42 Å². The normalized spacial score (nSPS) is 13.3. The number of allylic oxidation sites excluding steroid dienone is 4. The molecular formula is C51H98NO8P. The van der Waals surface area contributed by atoms with Gasteiger partial charge in [-0.05, 0) is 44.9 Å². The summed E-state index contributed by atoms with van der Waals surface area (Å²) < 4.78 is 32.9. The van der Waals surface area contributed by atoms with E-state index in [0.717, 1.165) is 38.5 Å². The Morgan fingerprint density at radius 3 is 1.28 bits per heavy atom. The summed E-state index contributed by atoms with van der Waals surface area (Å²) in [5.74, 6) is -0.819. The number of rotatable bonds is 49. The van der Waals surface area contributed by atoms with Crippen molar-refractivity contribution in [2.75, 3.05) is 26.4 Å². The van der Waals surface area contributed by atoms with Gasteiger partial charge in [-0.2, -0.15) is 0 Å². The maximum Gasteiger partial charge on any atom is 0.472 e. The van der Waals surface area contributed by atoms with Crippen LogP contribution in [0.2, 0.25) is 0 Å². The van der Waals surface area contributed by atoms with E-state index in [2.05, 4.69) is 38.2 Å². The van der Waals surface area contributed by atoms with Gasteiger partial charge in [0.15, 0.2) is 6.10 Å². The zero-order chi connectivity index (χ0) is 44.6. The topological polar surface area (TPSA) is 134 Å². The van der Waals surface area contributed by atoms with Crippen molar-refractivity contribution in [3.8, 4) is 0 Å². The van der Waals surface area contributed by atoms with Crippen LogP contribution in [0.4, 0.5) is 0 Å². The Kier molecular flexibility index (Phi) is 46.8. The Bertz CT molecular complexity index is 1050. The number of phosphoric ester groups is 1. The Balaban J connectivity index is 4.01. The van der Waals surface area contributed by atoms with Crippen LogP contribution in [0.3, 0.4) is 0 Å². The fourth-order valence-corrected chi connectivity index (χ4v) is 8.26. The standard InChI is InChI=1S/C51H98NO8P/c1-3-5-7-9-11-13-15-17-19-21-23-24-26-28-30-32-34-36-38-40-42-44-51(54)60-49(48-59-61(55,56)58-46-45-52)47-57-50(53)43-41-39-37-35-33-31-29-27-25-22-20-18-16-14-12-10-8-6-4-2/h12,14,18,20,49H,3-11,13,15-17,19,21-48,52H2,1-2H3,(H,55,56). The predicted molar refractivity (Wildman–Crippen MR) is 257 cm³/mol. The van der Waals surface area contributed by atoms with Crippen LogP contribution in [0.15, 0.2) is 24.3 Å². The van der Waals surface area contributed by atoms with E-state index in [1.807, 2.05) is 0 Å². The number of carbonyl (C=O) groups excluding carboxylic acids is 2. The summed E-state index contributed by atoms with van der Waals surface area (Å²) >= 11 is 0. The van der Waals surface area contributed by atoms with Gasteiger partial charge in [-0.1, -0.05) is 224 Å². The molecule has 0 spiro atoms. The van der Waals surface area contributed by atoms with Crippen molar-refractivity contribution in [1.29, 1.82) is 0 Å². The molecule has 0 rings (SSSR count). The van der Waals surface area contributed by atoms with Gasteiger partial charge in [-0.15, -0.1) is 0 Å². The van der Waals surface area contributed by atoms with E-state index in [1.165, 1.54) is 186 Å². The van der Waals surface area contributed by atoms with Crippen LogP contribution in [0.5, 0.6) is 0 Å². The van der Waals surface area contributed by atoms with Gasteiger partial charge in [0.25, 0.3) is 0 Å². The molecule has 0 aliphatic heterocycles. The monoisotopic (exact) mass is 884 g/mol. The summed E-state index contributed by atoms with van der Waals surface area (Å²) in [4.78, 5) is 35.1. The Morgan fingerprint density at radius 2 is 0.852 bits per heavy atom. The molecule has 0 aliphatic carbocycles. The molecule has 3 N–H and O–H groups in total. The van der Waals surface area contributed by atoms with Crippen LogP contribution in [-0.2, 0) is 32.7 Å². The first-order valence-electron chi connectivity index (χ1n) is 25.8. The zero-order valence-electron chi connectivity index (χ0n) is 39.9. The highest BCUT2D eigenvalue weighted by Gasteiger charge is 2.26. The third-order valence-electron chi connectivity index (χ3n) is 11.3. The number of unbranched alkanes of at least 4 members (excludes halogenated alkanes) is 32. The van der Waals surface area contributed by atoms with Gasteiger partial charge in [-0.3, -0.25) is 18.6 Å². The second-order valence-electron chi connectivity index (χ2n) is 17.4. The molecule has 0 amide bonds. The molecule has 0 aliphatic rings. The highest BCUT2D eigenvalue weighted by Crippen LogP contribution is 2.43. The van der Waals surface area contributed by atoms with Crippen molar-refractivity contribution < 1.29 is 37.6 Å². The lowest BCUT2D eigenvalue weighted by Gasteiger charge is -2.19. The molecule has 0 aromatic heterocycles. The summed E-state index contributed by atoms with van der Waals surface area (Å²) in [6.07, 6.45) is 53.5. The van der Waals surface area contributed by atoms with Gasteiger partial charge >= 0.3 is 19.8 Å². The number of phosphoric acid groups is 1. The van der Waals surface area contributed by atoms with Crippen molar-refractivity contribution in [2.24, 2.45) is 5.73 Å². The van der Waals surface area contributed by atoms with Crippen LogP contribution < -0.4 is 5.73 Å². The van der Waals surface area contributed by atoms with E-state index in [1.54, 1.807) is 0 Å². The van der Waals surface area contributed by atoms with Gasteiger partial charge < -0.3 is 20.1 Å². The fourth-order valence-electron chi connectivity index (χ4n) is 7.49. The van der Waals surface area contributed by atoms with E-state index in [4.69, 9.17) is 24.3 Å². The minimum absolute atomic E-state index is 0.0549. The second kappa shape index (κ2) is 48.0. The molecule has 2 atom stereocenters. The molecular weight excluding hydrogens is 786 g/mol. The maximum absolute atomic E-state index is 12.7. The summed E-state index contributed by atoms with van der Waals surface area (Å²) in [6.45, 7) is 3.76. The molecule has 9 nitrogen and oxygen atoms in total. The summed E-state index contributed by atoms with van der Waals surface area (Å²) in [5, 5.41) is 0. The molecule has 0 saturated carbocycles. The van der Waals surface area contributed by atoms with Crippen molar-refractivity contribution in [2.45, 2.75) is 264 Å². The van der Waals surface area contributed by atoms with Crippen LogP contribution in [0.25, 0.3) is 0 Å². The first-order chi connectivity index (χ1) is 29.8. The summed E-state index contributed by atoms with van der Waals surface area (Å²) in [7, 11) is -4.38. The van der Waals surface area contributed by atoms with E-state index in [9.17, 15) is 19.0 Å². The van der Waals surface area contributed by atoms with Crippen LogP contribution in [0, 0.1) is 0 Å². The quantitative estimate of drug-likeness (QED) is 0.0265. The van der Waals surface area contributed by atoms with E-state index < -0.39 is 26.5 Å². The highest BCUT2D eigenvalue weighted by atomic mass is 31.2. The third kappa shape index (κ3) is 47.8. The lowest BCUT2D eigenvalue weighted by atomic mass is 10.0. The first-order valence-corrected chi connectivity index (χ1v) is 27.3. The van der Waals surface area contributed by atoms with Crippen molar-refractivity contribution >= 4 is 19.8 Å². The van der Waals surface area contributed by atoms with Crippen LogP contribution in [0.1, 0.15) is 258 Å². The number of esters is 2. The minimum Gasteiger partial charge on any atom is -0.462 e. The number of hydrogen-bond acceptors (Lipinski definition) is 8. The SMILES string of the molecule is CCCCCC=CCC=CCCCCCCCCCCCC(=O)OCC(COP(=O)(O)OCCN)OC(=O)CCCCCCCCCCCCCCCCCCCCCCC. The first kappa shape index (κ1) is 59.5. The third-order valence-corrected chi connectivity index (χ3v) is 12.3. The largest absolute Gasteiger partial charge is 0.472 e. The Morgan fingerprint density at radius 1 is 0.492 bits per heavy atom. The van der Waals surface area contributed by atoms with E-state index in [-0.39, 0.29) is 38.6 Å². The lowest BCUT2D eigenvalue weighted by molar-refractivity contribution is -0.161. The molecule has 0 aromatic rings. The molecule has 0 aromatic carbocycles. The van der Waals surface area contributed by atoms with Gasteiger partial charge in [0.1, 0.15) is 6.61 Å². The molecule has 0 heterocycles. The molecule has 10 heteroatoms. The van der Waals surface area contributed by atoms with Crippen molar-refractivity contribution in [3.05, 3.63) is 24.3 Å². The molecule has 0 bridgehead atoms. The molecule has 61 heavy (non-hydrogen) atoms. The highest BCUT2D eigenvalue weighted by molar-refractivity contribution is 7.47. The second-order valence-corrected chi connectivity index (χ2v) is 18.9. The van der Waals surface area contributed by atoms with Crippen LogP contribution in [-0.4, -0.2) is 49.3 Å². The molecule has 0 fully saturated rings. The molecule has 0 saturated heterocycles. The van der Waals surface area contributed by atoms with Gasteiger partial charge in [0.05, 0.1) is 13.2 Å². The Labute approximate surface area is 376 Å².